The van der Waals surface area contributed by atoms with Crippen molar-refractivity contribution in [1.82, 2.24) is 14.8 Å². The number of anilines is 1. The monoisotopic (exact) mass is 486 g/mol. The van der Waals surface area contributed by atoms with Crippen LogP contribution in [-0.2, 0) is 4.79 Å². The molecule has 1 aliphatic rings. The summed E-state index contributed by atoms with van der Waals surface area (Å²) in [5.41, 5.74) is 4.72. The van der Waals surface area contributed by atoms with Crippen molar-refractivity contribution in [3.63, 3.8) is 0 Å². The quantitative estimate of drug-likeness (QED) is 0.451. The molecule has 6 nitrogen and oxygen atoms in total. The molecule has 1 fully saturated rings. The van der Waals surface area contributed by atoms with Crippen LogP contribution < -0.4 is 4.90 Å². The molecule has 0 bridgehead atoms. The highest BCUT2D eigenvalue weighted by Crippen LogP contribution is 2.36. The van der Waals surface area contributed by atoms with Crippen molar-refractivity contribution in [2.75, 3.05) is 44.7 Å². The Balaban J connectivity index is 1.69. The highest BCUT2D eigenvalue weighted by Gasteiger charge is 2.34. The molecule has 0 unspecified atom stereocenters. The van der Waals surface area contributed by atoms with E-state index >= 15 is 0 Å². The number of hydrogen-bond donors (Lipinski definition) is 1. The van der Waals surface area contributed by atoms with Crippen LogP contribution >= 0.6 is 0 Å². The van der Waals surface area contributed by atoms with Gasteiger partial charge >= 0.3 is 0 Å². The third kappa shape index (κ3) is 5.54. The maximum Gasteiger partial charge on any atom is 0.245 e. The Morgan fingerprint density at radius 3 is 2.42 bits per heavy atom. The van der Waals surface area contributed by atoms with Gasteiger partial charge in [-0.1, -0.05) is 50.2 Å². The SMILES string of the molecule is CCN(CC)CCN(C)C(=O)[C@@H]1CCCN1c1cc(-c2ccccc2C)cc(-c2ccccc2O)n1. The fourth-order valence-electron chi connectivity index (χ4n) is 5.04. The fourth-order valence-corrected chi connectivity index (χ4v) is 5.04. The van der Waals surface area contributed by atoms with Crippen molar-refractivity contribution in [3.8, 4) is 28.1 Å². The van der Waals surface area contributed by atoms with Gasteiger partial charge in [0, 0.05) is 32.2 Å². The van der Waals surface area contributed by atoms with Crippen LogP contribution in [0, 0.1) is 6.92 Å². The van der Waals surface area contributed by atoms with Gasteiger partial charge in [0.05, 0.1) is 5.69 Å². The number of aryl methyl sites for hydroxylation is 1. The molecule has 3 aromatic rings. The van der Waals surface area contributed by atoms with Gasteiger partial charge in [-0.15, -0.1) is 0 Å². The first-order chi connectivity index (χ1) is 17.4. The number of carbonyl (C=O) groups is 1. The lowest BCUT2D eigenvalue weighted by Crippen LogP contribution is -2.46. The molecule has 1 aromatic heterocycles. The lowest BCUT2D eigenvalue weighted by atomic mass is 9.98. The lowest BCUT2D eigenvalue weighted by Gasteiger charge is -2.30. The highest BCUT2D eigenvalue weighted by atomic mass is 16.3. The maximum absolute atomic E-state index is 13.5. The van der Waals surface area contributed by atoms with E-state index in [-0.39, 0.29) is 17.7 Å². The molecule has 1 aliphatic heterocycles. The van der Waals surface area contributed by atoms with Crippen molar-refractivity contribution in [2.45, 2.75) is 39.7 Å². The molecule has 0 aliphatic carbocycles. The van der Waals surface area contributed by atoms with E-state index in [2.05, 4.69) is 48.8 Å². The minimum absolute atomic E-state index is 0.145. The van der Waals surface area contributed by atoms with E-state index in [1.807, 2.05) is 48.3 Å². The Morgan fingerprint density at radius 2 is 1.72 bits per heavy atom. The summed E-state index contributed by atoms with van der Waals surface area (Å²) < 4.78 is 0. The van der Waals surface area contributed by atoms with Crippen LogP contribution in [0.4, 0.5) is 5.82 Å². The number of likely N-dealkylation sites (N-methyl/N-ethyl adjacent to an activating group) is 2. The zero-order valence-corrected chi connectivity index (χ0v) is 21.9. The lowest BCUT2D eigenvalue weighted by molar-refractivity contribution is -0.131. The van der Waals surface area contributed by atoms with E-state index in [1.54, 1.807) is 6.07 Å². The van der Waals surface area contributed by atoms with Gasteiger partial charge < -0.3 is 19.8 Å². The second kappa shape index (κ2) is 11.6. The van der Waals surface area contributed by atoms with Gasteiger partial charge in [-0.25, -0.2) is 4.98 Å². The number of phenolic OH excluding ortho intramolecular Hbond substituents is 1. The molecule has 36 heavy (non-hydrogen) atoms. The van der Waals surface area contributed by atoms with Gasteiger partial charge in [0.1, 0.15) is 17.6 Å². The average molecular weight is 487 g/mol. The summed E-state index contributed by atoms with van der Waals surface area (Å²) in [6.45, 7) is 10.7. The first kappa shape index (κ1) is 25.7. The number of aromatic nitrogens is 1. The molecule has 1 atom stereocenters. The number of nitrogens with zero attached hydrogens (tertiary/aromatic N) is 4. The predicted molar refractivity (Wildman–Crippen MR) is 147 cm³/mol. The van der Waals surface area contributed by atoms with Gasteiger partial charge in [-0.2, -0.15) is 0 Å². The van der Waals surface area contributed by atoms with Crippen molar-refractivity contribution < 1.29 is 9.90 Å². The summed E-state index contributed by atoms with van der Waals surface area (Å²) in [6, 6.07) is 19.5. The number of phenols is 1. The minimum atomic E-state index is -0.233. The van der Waals surface area contributed by atoms with Crippen LogP contribution in [0.1, 0.15) is 32.3 Å². The van der Waals surface area contributed by atoms with Gasteiger partial charge in [-0.05, 0) is 73.8 Å². The Kier molecular flexibility index (Phi) is 8.26. The first-order valence-electron chi connectivity index (χ1n) is 13.0. The minimum Gasteiger partial charge on any atom is -0.507 e. The molecule has 2 heterocycles. The maximum atomic E-state index is 13.5. The third-order valence-corrected chi connectivity index (χ3v) is 7.30. The average Bonchev–Trinajstić information content (AvgIpc) is 3.39. The summed E-state index contributed by atoms with van der Waals surface area (Å²) >= 11 is 0. The zero-order valence-electron chi connectivity index (χ0n) is 21.9. The topological polar surface area (TPSA) is 59.9 Å². The number of aromatic hydroxyl groups is 1. The van der Waals surface area contributed by atoms with Crippen molar-refractivity contribution >= 4 is 11.7 Å². The Labute approximate surface area is 215 Å². The fraction of sp³-hybridized carbons (Fsp3) is 0.400. The summed E-state index contributed by atoms with van der Waals surface area (Å²) in [7, 11) is 1.91. The molecule has 2 aromatic carbocycles. The summed E-state index contributed by atoms with van der Waals surface area (Å²) in [5.74, 6) is 1.12. The van der Waals surface area contributed by atoms with Crippen LogP contribution in [0.5, 0.6) is 5.75 Å². The summed E-state index contributed by atoms with van der Waals surface area (Å²) in [5, 5.41) is 10.6. The summed E-state index contributed by atoms with van der Waals surface area (Å²) in [6.07, 6.45) is 1.76. The molecular weight excluding hydrogens is 448 g/mol. The third-order valence-electron chi connectivity index (χ3n) is 7.30. The van der Waals surface area contributed by atoms with Gasteiger partial charge in [-0.3, -0.25) is 4.79 Å². The molecule has 0 saturated carbocycles. The Bertz CT molecular complexity index is 1130. The van der Waals surface area contributed by atoms with Crippen LogP contribution in [0.2, 0.25) is 0 Å². The van der Waals surface area contributed by atoms with E-state index in [4.69, 9.17) is 4.98 Å². The normalized spacial score (nSPS) is 15.5. The van der Waals surface area contributed by atoms with Gasteiger partial charge in [0.2, 0.25) is 5.91 Å². The van der Waals surface area contributed by atoms with E-state index in [1.165, 1.54) is 5.56 Å². The van der Waals surface area contributed by atoms with Crippen LogP contribution in [0.25, 0.3) is 22.4 Å². The number of amides is 1. The van der Waals surface area contributed by atoms with Crippen LogP contribution in [-0.4, -0.2) is 71.6 Å². The molecule has 190 valence electrons. The molecule has 1 saturated heterocycles. The van der Waals surface area contributed by atoms with Crippen molar-refractivity contribution in [1.29, 1.82) is 0 Å². The van der Waals surface area contributed by atoms with E-state index in [9.17, 15) is 9.90 Å². The largest absolute Gasteiger partial charge is 0.507 e. The Morgan fingerprint density at radius 1 is 1.03 bits per heavy atom. The number of para-hydroxylation sites is 1. The predicted octanol–water partition coefficient (Wildman–Crippen LogP) is 5.20. The van der Waals surface area contributed by atoms with Gasteiger partial charge in [0.25, 0.3) is 0 Å². The molecule has 1 amide bonds. The van der Waals surface area contributed by atoms with E-state index < -0.39 is 0 Å². The van der Waals surface area contributed by atoms with Crippen molar-refractivity contribution in [2.24, 2.45) is 0 Å². The molecule has 0 spiro atoms. The van der Waals surface area contributed by atoms with Crippen molar-refractivity contribution in [3.05, 3.63) is 66.2 Å². The first-order valence-corrected chi connectivity index (χ1v) is 13.0. The molecular formula is C30H38N4O2. The second-order valence-electron chi connectivity index (χ2n) is 9.57. The number of benzene rings is 2. The molecule has 0 radical (unpaired) electrons. The smallest absolute Gasteiger partial charge is 0.245 e. The number of pyridine rings is 1. The molecule has 6 heteroatoms. The zero-order chi connectivity index (χ0) is 25.7. The van der Waals surface area contributed by atoms with Gasteiger partial charge in [0.15, 0.2) is 0 Å². The molecule has 4 rings (SSSR count). The molecule has 1 N–H and O–H groups in total. The standard InChI is InChI=1S/C30H38N4O2/c1-5-33(6-2)19-18-32(4)30(36)27-15-11-17-34(27)29-21-23(24-13-8-7-12-22(24)3)20-26(31-29)25-14-9-10-16-28(25)35/h7-10,12-14,16,20-21,27,35H,5-6,11,15,17-19H2,1-4H3/t27-/m0/s1. The number of carbonyl (C=O) groups excluding carboxylic acids is 1. The highest BCUT2D eigenvalue weighted by molar-refractivity contribution is 5.86. The van der Waals surface area contributed by atoms with E-state index in [0.29, 0.717) is 17.8 Å². The second-order valence-corrected chi connectivity index (χ2v) is 9.57. The van der Waals surface area contributed by atoms with E-state index in [0.717, 1.165) is 56.0 Å². The number of rotatable bonds is 9. The van der Waals surface area contributed by atoms with Crippen LogP contribution in [0.15, 0.2) is 60.7 Å². The van der Waals surface area contributed by atoms with Crippen LogP contribution in [0.3, 0.4) is 0 Å². The summed E-state index contributed by atoms with van der Waals surface area (Å²) in [4.78, 5) is 24.9. The number of hydrogen-bond acceptors (Lipinski definition) is 5. The Hall–Kier alpha value is -3.38.